The van der Waals surface area contributed by atoms with E-state index in [1.807, 2.05) is 0 Å². The van der Waals surface area contributed by atoms with E-state index in [1.54, 1.807) is 0 Å². The van der Waals surface area contributed by atoms with Crippen LogP contribution in [0.2, 0.25) is 0 Å². The summed E-state index contributed by atoms with van der Waals surface area (Å²) >= 11 is 0. The summed E-state index contributed by atoms with van der Waals surface area (Å²) in [4.78, 5) is 2.63. The molecule has 2 nitrogen and oxygen atoms in total. The van der Waals surface area contributed by atoms with Crippen LogP contribution >= 0.6 is 0 Å². The average molecular weight is 240 g/mol. The monoisotopic (exact) mass is 240 g/mol. The van der Waals surface area contributed by atoms with Crippen molar-refractivity contribution in [3.05, 3.63) is 0 Å². The van der Waals surface area contributed by atoms with E-state index >= 15 is 0 Å². The van der Waals surface area contributed by atoms with Crippen molar-refractivity contribution in [2.45, 2.75) is 47.5 Å². The Morgan fingerprint density at radius 3 is 2.35 bits per heavy atom. The van der Waals surface area contributed by atoms with Gasteiger partial charge in [0.1, 0.15) is 0 Å². The van der Waals surface area contributed by atoms with Crippen LogP contribution in [0.4, 0.5) is 0 Å². The SMILES string of the molecule is CC(C)CC(CN)CN1CCC(C(C)(C)C)C1. The maximum Gasteiger partial charge on any atom is 0.00219 e. The molecule has 0 aromatic heterocycles. The van der Waals surface area contributed by atoms with Crippen molar-refractivity contribution in [2.24, 2.45) is 28.9 Å². The summed E-state index contributed by atoms with van der Waals surface area (Å²) in [7, 11) is 0. The van der Waals surface area contributed by atoms with Gasteiger partial charge in [0.05, 0.1) is 0 Å². The van der Waals surface area contributed by atoms with Crippen molar-refractivity contribution in [3.8, 4) is 0 Å². The lowest BCUT2D eigenvalue weighted by Gasteiger charge is -2.28. The molecule has 2 N–H and O–H groups in total. The topological polar surface area (TPSA) is 29.3 Å². The maximum absolute atomic E-state index is 5.89. The number of hydrogen-bond acceptors (Lipinski definition) is 2. The fraction of sp³-hybridized carbons (Fsp3) is 1.00. The molecular formula is C15H32N2. The highest BCUT2D eigenvalue weighted by Gasteiger charge is 2.32. The first-order valence-electron chi connectivity index (χ1n) is 7.25. The van der Waals surface area contributed by atoms with Gasteiger partial charge in [-0.3, -0.25) is 0 Å². The first-order valence-corrected chi connectivity index (χ1v) is 7.25. The summed E-state index contributed by atoms with van der Waals surface area (Å²) < 4.78 is 0. The fourth-order valence-electron chi connectivity index (χ4n) is 2.98. The van der Waals surface area contributed by atoms with Crippen LogP contribution in [0.15, 0.2) is 0 Å². The largest absolute Gasteiger partial charge is 0.330 e. The van der Waals surface area contributed by atoms with Gasteiger partial charge in [0.2, 0.25) is 0 Å². The normalized spacial score (nSPS) is 24.5. The zero-order chi connectivity index (χ0) is 13.1. The average Bonchev–Trinajstić information content (AvgIpc) is 2.63. The molecule has 0 amide bonds. The van der Waals surface area contributed by atoms with Crippen molar-refractivity contribution in [1.29, 1.82) is 0 Å². The number of hydrogen-bond donors (Lipinski definition) is 1. The molecule has 0 spiro atoms. The summed E-state index contributed by atoms with van der Waals surface area (Å²) in [6, 6.07) is 0. The summed E-state index contributed by atoms with van der Waals surface area (Å²) in [6.45, 7) is 16.3. The molecule has 17 heavy (non-hydrogen) atoms. The van der Waals surface area contributed by atoms with Crippen LogP contribution in [0.25, 0.3) is 0 Å². The molecule has 102 valence electrons. The lowest BCUT2D eigenvalue weighted by Crippen LogP contribution is -2.33. The first-order chi connectivity index (χ1) is 7.82. The second-order valence-electron chi connectivity index (χ2n) is 7.34. The van der Waals surface area contributed by atoms with Crippen LogP contribution in [0.5, 0.6) is 0 Å². The van der Waals surface area contributed by atoms with Gasteiger partial charge in [0.15, 0.2) is 0 Å². The van der Waals surface area contributed by atoms with Gasteiger partial charge in [0.25, 0.3) is 0 Å². The predicted molar refractivity (Wildman–Crippen MR) is 76.0 cm³/mol. The third-order valence-electron chi connectivity index (χ3n) is 4.15. The van der Waals surface area contributed by atoms with Crippen molar-refractivity contribution in [1.82, 2.24) is 4.90 Å². The van der Waals surface area contributed by atoms with Gasteiger partial charge >= 0.3 is 0 Å². The van der Waals surface area contributed by atoms with E-state index in [-0.39, 0.29) is 0 Å². The fourth-order valence-corrected chi connectivity index (χ4v) is 2.98. The molecule has 2 heteroatoms. The molecule has 0 aromatic rings. The minimum atomic E-state index is 0.463. The van der Waals surface area contributed by atoms with Crippen LogP contribution in [0, 0.1) is 23.2 Å². The molecule has 1 fully saturated rings. The van der Waals surface area contributed by atoms with E-state index in [0.717, 1.165) is 18.4 Å². The Labute approximate surface area is 108 Å². The van der Waals surface area contributed by atoms with E-state index in [1.165, 1.54) is 32.5 Å². The second kappa shape index (κ2) is 6.19. The van der Waals surface area contributed by atoms with Gasteiger partial charge in [-0.05, 0) is 49.1 Å². The molecule has 0 radical (unpaired) electrons. The Hall–Kier alpha value is -0.0800. The molecule has 0 saturated carbocycles. The Morgan fingerprint density at radius 1 is 1.29 bits per heavy atom. The number of likely N-dealkylation sites (tertiary alicyclic amines) is 1. The van der Waals surface area contributed by atoms with E-state index < -0.39 is 0 Å². The molecular weight excluding hydrogens is 208 g/mol. The molecule has 0 aromatic carbocycles. The zero-order valence-corrected chi connectivity index (χ0v) is 12.5. The predicted octanol–water partition coefficient (Wildman–Crippen LogP) is 2.98. The Kier molecular flexibility index (Phi) is 5.46. The third-order valence-corrected chi connectivity index (χ3v) is 4.15. The highest BCUT2D eigenvalue weighted by Crippen LogP contribution is 2.33. The molecule has 1 saturated heterocycles. The lowest BCUT2D eigenvalue weighted by atomic mass is 9.80. The third kappa shape index (κ3) is 4.97. The smallest absolute Gasteiger partial charge is 0.00219 e. The van der Waals surface area contributed by atoms with Crippen molar-refractivity contribution in [3.63, 3.8) is 0 Å². The highest BCUT2D eigenvalue weighted by atomic mass is 15.1. The van der Waals surface area contributed by atoms with Gasteiger partial charge in [-0.25, -0.2) is 0 Å². The summed E-state index contributed by atoms with van der Waals surface area (Å²) in [5, 5.41) is 0. The standard InChI is InChI=1S/C15H32N2/c1-12(2)8-13(9-16)10-17-7-6-14(11-17)15(3,4)5/h12-14H,6-11,16H2,1-5H3. The summed E-state index contributed by atoms with van der Waals surface area (Å²) in [5.74, 6) is 2.32. The molecule has 0 bridgehead atoms. The Bertz CT molecular complexity index is 217. The minimum absolute atomic E-state index is 0.463. The second-order valence-corrected chi connectivity index (χ2v) is 7.34. The Morgan fingerprint density at radius 2 is 1.94 bits per heavy atom. The Balaban J connectivity index is 2.38. The maximum atomic E-state index is 5.89. The molecule has 2 atom stereocenters. The van der Waals surface area contributed by atoms with Gasteiger partial charge in [-0.2, -0.15) is 0 Å². The van der Waals surface area contributed by atoms with Gasteiger partial charge in [-0.15, -0.1) is 0 Å². The first kappa shape index (κ1) is 15.0. The van der Waals surface area contributed by atoms with Gasteiger partial charge < -0.3 is 10.6 Å². The highest BCUT2D eigenvalue weighted by molar-refractivity contribution is 4.84. The summed E-state index contributed by atoms with van der Waals surface area (Å²) in [5.41, 5.74) is 6.36. The van der Waals surface area contributed by atoms with Crippen LogP contribution in [-0.4, -0.2) is 31.1 Å². The van der Waals surface area contributed by atoms with Crippen LogP contribution in [-0.2, 0) is 0 Å². The van der Waals surface area contributed by atoms with E-state index in [4.69, 9.17) is 5.73 Å². The van der Waals surface area contributed by atoms with Crippen molar-refractivity contribution < 1.29 is 0 Å². The van der Waals surface area contributed by atoms with E-state index in [0.29, 0.717) is 11.3 Å². The quantitative estimate of drug-likeness (QED) is 0.800. The molecule has 1 heterocycles. The molecule has 2 unspecified atom stereocenters. The van der Waals surface area contributed by atoms with Crippen LogP contribution in [0.1, 0.15) is 47.5 Å². The molecule has 1 aliphatic rings. The van der Waals surface area contributed by atoms with Crippen LogP contribution in [0.3, 0.4) is 0 Å². The molecule has 1 aliphatic heterocycles. The molecule has 0 aliphatic carbocycles. The van der Waals surface area contributed by atoms with E-state index in [2.05, 4.69) is 39.5 Å². The number of nitrogens with zero attached hydrogens (tertiary/aromatic N) is 1. The number of rotatable bonds is 5. The molecule has 1 rings (SSSR count). The van der Waals surface area contributed by atoms with Crippen molar-refractivity contribution in [2.75, 3.05) is 26.2 Å². The minimum Gasteiger partial charge on any atom is -0.330 e. The van der Waals surface area contributed by atoms with Crippen molar-refractivity contribution >= 4 is 0 Å². The van der Waals surface area contributed by atoms with Gasteiger partial charge in [0, 0.05) is 13.1 Å². The van der Waals surface area contributed by atoms with Crippen LogP contribution < -0.4 is 5.73 Å². The van der Waals surface area contributed by atoms with Gasteiger partial charge in [-0.1, -0.05) is 34.6 Å². The van der Waals surface area contributed by atoms with E-state index in [9.17, 15) is 0 Å². The number of nitrogens with two attached hydrogens (primary N) is 1. The zero-order valence-electron chi connectivity index (χ0n) is 12.5. The summed E-state index contributed by atoms with van der Waals surface area (Å²) in [6.07, 6.45) is 2.63. The lowest BCUT2D eigenvalue weighted by molar-refractivity contribution is 0.207.